The molecule has 0 saturated heterocycles. The number of aryl methyl sites for hydroxylation is 1. The van der Waals surface area contributed by atoms with E-state index in [9.17, 15) is 4.79 Å². The van der Waals surface area contributed by atoms with Gasteiger partial charge in [-0.15, -0.1) is 0 Å². The summed E-state index contributed by atoms with van der Waals surface area (Å²) in [5.74, 6) is 0.457. The van der Waals surface area contributed by atoms with E-state index in [4.69, 9.17) is 14.6 Å². The van der Waals surface area contributed by atoms with Crippen LogP contribution < -0.4 is 4.90 Å². The maximum Gasteiger partial charge on any atom is 0.303 e. The van der Waals surface area contributed by atoms with Gasteiger partial charge in [0.05, 0.1) is 13.0 Å². The van der Waals surface area contributed by atoms with Gasteiger partial charge in [-0.2, -0.15) is 0 Å². The Balaban J connectivity index is 2.51. The molecule has 1 aromatic heterocycles. The zero-order chi connectivity index (χ0) is 11.3. The molecule has 84 valence electrons. The fourth-order valence-electron chi connectivity index (χ4n) is 1.20. The Hall–Kier alpha value is -1.49. The third-order valence-corrected chi connectivity index (χ3v) is 2.04. The standard InChI is InChI=1S/C10H15NO4/c1-11(6-7-12)9-4-2-8(15-9)3-5-10(13)14/h2,4,12H,3,5-7H2,1H3,(H,13,14). The van der Waals surface area contributed by atoms with Gasteiger partial charge in [0.1, 0.15) is 5.76 Å². The van der Waals surface area contributed by atoms with Crippen LogP contribution >= 0.6 is 0 Å². The minimum atomic E-state index is -0.836. The van der Waals surface area contributed by atoms with Gasteiger partial charge in [-0.1, -0.05) is 0 Å². The summed E-state index contributed by atoms with van der Waals surface area (Å²) < 4.78 is 5.40. The Labute approximate surface area is 87.9 Å². The van der Waals surface area contributed by atoms with Crippen LogP contribution in [0.15, 0.2) is 16.5 Å². The molecule has 0 aliphatic carbocycles. The van der Waals surface area contributed by atoms with Crippen molar-refractivity contribution in [1.29, 1.82) is 0 Å². The van der Waals surface area contributed by atoms with Gasteiger partial charge in [-0.25, -0.2) is 0 Å². The topological polar surface area (TPSA) is 73.9 Å². The summed E-state index contributed by atoms with van der Waals surface area (Å²) in [7, 11) is 1.80. The number of aliphatic hydroxyl groups excluding tert-OH is 1. The average Bonchev–Trinajstić information content (AvgIpc) is 2.63. The number of anilines is 1. The number of rotatable bonds is 6. The largest absolute Gasteiger partial charge is 0.481 e. The monoisotopic (exact) mass is 213 g/mol. The molecule has 0 amide bonds. The first-order chi connectivity index (χ1) is 7.13. The maximum atomic E-state index is 10.3. The molecule has 2 N–H and O–H groups in total. The van der Waals surface area contributed by atoms with Crippen LogP contribution in [0.2, 0.25) is 0 Å². The highest BCUT2D eigenvalue weighted by Gasteiger charge is 2.07. The molecule has 1 heterocycles. The number of carbonyl (C=O) groups is 1. The van der Waals surface area contributed by atoms with Gasteiger partial charge >= 0.3 is 5.97 Å². The molecule has 1 rings (SSSR count). The van der Waals surface area contributed by atoms with Crippen molar-refractivity contribution >= 4 is 11.9 Å². The van der Waals surface area contributed by atoms with E-state index in [1.165, 1.54) is 0 Å². The summed E-state index contributed by atoms with van der Waals surface area (Å²) in [5, 5.41) is 17.2. The SMILES string of the molecule is CN(CCO)c1ccc(CCC(=O)O)o1. The molecule has 0 radical (unpaired) electrons. The van der Waals surface area contributed by atoms with Gasteiger partial charge in [0.25, 0.3) is 0 Å². The molecule has 0 fully saturated rings. The third-order valence-electron chi connectivity index (χ3n) is 2.04. The molecule has 15 heavy (non-hydrogen) atoms. The Morgan fingerprint density at radius 2 is 2.27 bits per heavy atom. The Kier molecular flexibility index (Phi) is 4.17. The van der Waals surface area contributed by atoms with Crippen molar-refractivity contribution in [3.63, 3.8) is 0 Å². The molecule has 5 heteroatoms. The van der Waals surface area contributed by atoms with Crippen molar-refractivity contribution in [3.8, 4) is 0 Å². The lowest BCUT2D eigenvalue weighted by Gasteiger charge is -2.13. The number of aliphatic carboxylic acids is 1. The molecule has 0 bridgehead atoms. The number of aliphatic hydroxyl groups is 1. The smallest absolute Gasteiger partial charge is 0.303 e. The molecule has 0 spiro atoms. The second-order valence-corrected chi connectivity index (χ2v) is 3.28. The lowest BCUT2D eigenvalue weighted by atomic mass is 10.2. The Bertz CT molecular complexity index is 321. The fourth-order valence-corrected chi connectivity index (χ4v) is 1.20. The highest BCUT2D eigenvalue weighted by Crippen LogP contribution is 2.17. The van der Waals surface area contributed by atoms with E-state index < -0.39 is 5.97 Å². The van der Waals surface area contributed by atoms with Crippen LogP contribution in [-0.4, -0.2) is 36.4 Å². The van der Waals surface area contributed by atoms with E-state index in [0.29, 0.717) is 24.6 Å². The van der Waals surface area contributed by atoms with Crippen molar-refractivity contribution in [2.75, 3.05) is 25.1 Å². The highest BCUT2D eigenvalue weighted by molar-refractivity contribution is 5.66. The number of carboxylic acids is 1. The van der Waals surface area contributed by atoms with Crippen LogP contribution in [0, 0.1) is 0 Å². The predicted octanol–water partition coefficient (Wildman–Crippen LogP) is 0.725. The summed E-state index contributed by atoms with van der Waals surface area (Å²) in [5.41, 5.74) is 0. The van der Waals surface area contributed by atoms with Gasteiger partial charge < -0.3 is 19.5 Å². The first kappa shape index (κ1) is 11.6. The van der Waals surface area contributed by atoms with Crippen LogP contribution in [-0.2, 0) is 11.2 Å². The van der Waals surface area contributed by atoms with Crippen LogP contribution in [0.3, 0.4) is 0 Å². The first-order valence-electron chi connectivity index (χ1n) is 4.76. The molecule has 0 aliphatic heterocycles. The lowest BCUT2D eigenvalue weighted by Crippen LogP contribution is -2.20. The van der Waals surface area contributed by atoms with E-state index in [-0.39, 0.29) is 13.0 Å². The van der Waals surface area contributed by atoms with Crippen LogP contribution in [0.5, 0.6) is 0 Å². The van der Waals surface area contributed by atoms with Gasteiger partial charge in [-0.3, -0.25) is 4.79 Å². The number of carboxylic acid groups (broad SMARTS) is 1. The van der Waals surface area contributed by atoms with Crippen LogP contribution in [0.1, 0.15) is 12.2 Å². The van der Waals surface area contributed by atoms with Crippen molar-refractivity contribution in [2.24, 2.45) is 0 Å². The molecule has 0 unspecified atom stereocenters. The molecular formula is C10H15NO4. The minimum absolute atomic E-state index is 0.0572. The molecular weight excluding hydrogens is 198 g/mol. The summed E-state index contributed by atoms with van der Waals surface area (Å²) in [4.78, 5) is 12.1. The van der Waals surface area contributed by atoms with Gasteiger partial charge in [0.15, 0.2) is 5.88 Å². The van der Waals surface area contributed by atoms with Crippen molar-refractivity contribution in [1.82, 2.24) is 0 Å². The molecule has 0 atom stereocenters. The van der Waals surface area contributed by atoms with Crippen molar-refractivity contribution in [3.05, 3.63) is 17.9 Å². The maximum absolute atomic E-state index is 10.3. The number of hydrogen-bond donors (Lipinski definition) is 2. The summed E-state index contributed by atoms with van der Waals surface area (Å²) >= 11 is 0. The van der Waals surface area contributed by atoms with E-state index in [1.54, 1.807) is 24.1 Å². The van der Waals surface area contributed by atoms with Crippen LogP contribution in [0.4, 0.5) is 5.88 Å². The number of likely N-dealkylation sites (N-methyl/N-ethyl adjacent to an activating group) is 1. The number of nitrogens with zero attached hydrogens (tertiary/aromatic N) is 1. The van der Waals surface area contributed by atoms with Gasteiger partial charge in [-0.05, 0) is 6.07 Å². The Morgan fingerprint density at radius 1 is 1.53 bits per heavy atom. The van der Waals surface area contributed by atoms with Crippen molar-refractivity contribution in [2.45, 2.75) is 12.8 Å². The predicted molar refractivity (Wildman–Crippen MR) is 55.0 cm³/mol. The minimum Gasteiger partial charge on any atom is -0.481 e. The molecule has 1 aromatic rings. The second kappa shape index (κ2) is 5.41. The number of hydrogen-bond acceptors (Lipinski definition) is 4. The average molecular weight is 213 g/mol. The number of furan rings is 1. The summed E-state index contributed by atoms with van der Waals surface area (Å²) in [6.07, 6.45) is 0.457. The van der Waals surface area contributed by atoms with Gasteiger partial charge in [0.2, 0.25) is 0 Å². The quantitative estimate of drug-likeness (QED) is 0.728. The third kappa shape index (κ3) is 3.63. The van der Waals surface area contributed by atoms with Crippen molar-refractivity contribution < 1.29 is 19.4 Å². The summed E-state index contributed by atoms with van der Waals surface area (Å²) in [6.45, 7) is 0.549. The van der Waals surface area contributed by atoms with Crippen LogP contribution in [0.25, 0.3) is 0 Å². The fraction of sp³-hybridized carbons (Fsp3) is 0.500. The molecule has 5 nitrogen and oxygen atoms in total. The first-order valence-corrected chi connectivity index (χ1v) is 4.76. The molecule has 0 saturated carbocycles. The van der Waals surface area contributed by atoms with E-state index in [0.717, 1.165) is 0 Å². The van der Waals surface area contributed by atoms with E-state index in [2.05, 4.69) is 0 Å². The summed E-state index contributed by atoms with van der Waals surface area (Å²) in [6, 6.07) is 3.53. The molecule has 0 aromatic carbocycles. The molecule has 0 aliphatic rings. The second-order valence-electron chi connectivity index (χ2n) is 3.28. The van der Waals surface area contributed by atoms with E-state index >= 15 is 0 Å². The highest BCUT2D eigenvalue weighted by atomic mass is 16.4. The van der Waals surface area contributed by atoms with E-state index in [1.807, 2.05) is 0 Å². The zero-order valence-electron chi connectivity index (χ0n) is 8.64. The lowest BCUT2D eigenvalue weighted by molar-refractivity contribution is -0.137. The normalized spacial score (nSPS) is 10.3. The Morgan fingerprint density at radius 3 is 2.87 bits per heavy atom. The van der Waals surface area contributed by atoms with Gasteiger partial charge in [0, 0.05) is 26.1 Å². The zero-order valence-corrected chi connectivity index (χ0v) is 8.64.